The van der Waals surface area contributed by atoms with Gasteiger partial charge in [-0.25, -0.2) is 23.7 Å². The van der Waals surface area contributed by atoms with E-state index in [9.17, 15) is 8.78 Å². The molecule has 13 heteroatoms. The van der Waals surface area contributed by atoms with Crippen LogP contribution in [0.2, 0.25) is 0 Å². The highest BCUT2D eigenvalue weighted by Crippen LogP contribution is 2.41. The molecule has 204 valence electrons. The van der Waals surface area contributed by atoms with E-state index in [1.807, 2.05) is 63.5 Å². The summed E-state index contributed by atoms with van der Waals surface area (Å²) in [6, 6.07) is 13.1. The van der Waals surface area contributed by atoms with Crippen LogP contribution >= 0.6 is 28.4 Å². The second-order valence-corrected chi connectivity index (χ2v) is 10.6. The highest BCUT2D eigenvalue weighted by Gasteiger charge is 2.23. The zero-order chi connectivity index (χ0) is 27.0. The van der Waals surface area contributed by atoms with Crippen molar-refractivity contribution in [2.24, 2.45) is 7.05 Å². The van der Waals surface area contributed by atoms with Crippen molar-refractivity contribution < 1.29 is 13.5 Å². The molecule has 0 aliphatic heterocycles. The summed E-state index contributed by atoms with van der Waals surface area (Å²) in [5.74, 6) is 1.26. The molecule has 0 amide bonds. The van der Waals surface area contributed by atoms with E-state index in [0.29, 0.717) is 39.9 Å². The standard InChI is InChI=1S/C25H24F2IN8OP.CH4/c1-13-8-9-19(29-14(13)2)31-20-12-18(21-24(32-20)36(38-28)25(33-21)23(26)27)30-17-7-5-6-15(22(17)37-4)16-10-11-35(3)34-16;/h5-12,23,38H,1-4H3,(H2,29,30,31,32);1H4. The maximum Gasteiger partial charge on any atom is 0.295 e. The first-order valence-electron chi connectivity index (χ1n) is 11.5. The molecule has 1 atom stereocenters. The summed E-state index contributed by atoms with van der Waals surface area (Å²) in [5.41, 5.74) is 5.26. The maximum absolute atomic E-state index is 13.9. The Bertz CT molecular complexity index is 1640. The summed E-state index contributed by atoms with van der Waals surface area (Å²) >= 11 is 2.06. The number of benzene rings is 1. The normalized spacial score (nSPS) is 11.4. The Morgan fingerprint density at radius 1 is 1.00 bits per heavy atom. The van der Waals surface area contributed by atoms with Crippen LogP contribution in [-0.2, 0) is 7.05 Å². The molecule has 5 rings (SSSR count). The third-order valence-electron chi connectivity index (χ3n) is 6.01. The van der Waals surface area contributed by atoms with E-state index >= 15 is 0 Å². The minimum absolute atomic E-state index is 0. The number of nitrogens with one attached hydrogen (secondary N) is 2. The van der Waals surface area contributed by atoms with E-state index in [0.717, 1.165) is 22.5 Å². The van der Waals surface area contributed by atoms with Crippen LogP contribution in [0.25, 0.3) is 22.4 Å². The van der Waals surface area contributed by atoms with Crippen LogP contribution in [0.15, 0.2) is 48.7 Å². The lowest BCUT2D eigenvalue weighted by Crippen LogP contribution is -2.02. The van der Waals surface area contributed by atoms with Gasteiger partial charge in [-0.1, -0.05) is 19.6 Å². The highest BCUT2D eigenvalue weighted by atomic mass is 127. The number of hydrogen-bond acceptors (Lipinski definition) is 7. The molecule has 0 bridgehead atoms. The molecule has 1 unspecified atom stereocenters. The number of aryl methyl sites for hydroxylation is 3. The van der Waals surface area contributed by atoms with E-state index in [1.54, 1.807) is 17.9 Å². The number of pyridine rings is 2. The van der Waals surface area contributed by atoms with Crippen molar-refractivity contribution in [2.45, 2.75) is 27.7 Å². The van der Waals surface area contributed by atoms with Crippen LogP contribution in [0.1, 0.15) is 30.9 Å². The van der Waals surface area contributed by atoms with Crippen molar-refractivity contribution >= 4 is 62.6 Å². The lowest BCUT2D eigenvalue weighted by Gasteiger charge is -2.16. The Kier molecular flexibility index (Phi) is 8.65. The lowest BCUT2D eigenvalue weighted by molar-refractivity contribution is 0.140. The van der Waals surface area contributed by atoms with E-state index in [-0.39, 0.29) is 19.6 Å². The molecule has 9 nitrogen and oxygen atoms in total. The Morgan fingerprint density at radius 3 is 2.44 bits per heavy atom. The van der Waals surface area contributed by atoms with Gasteiger partial charge in [-0.05, 0) is 65.7 Å². The first-order valence-corrected chi connectivity index (χ1v) is 15.6. The molecular weight excluding hydrogens is 636 g/mol. The summed E-state index contributed by atoms with van der Waals surface area (Å²) in [7, 11) is 3.42. The molecule has 0 saturated heterocycles. The molecule has 0 radical (unpaired) electrons. The van der Waals surface area contributed by atoms with Crippen molar-refractivity contribution in [2.75, 3.05) is 17.7 Å². The molecule has 5 aromatic rings. The van der Waals surface area contributed by atoms with Gasteiger partial charge in [0.2, 0.25) is 0 Å². The molecule has 0 spiro atoms. The summed E-state index contributed by atoms with van der Waals surface area (Å²) in [5, 5.41) is 11.1. The SMILES string of the molecule is C.COc1c(Nc2cc(Nc3ccc(C)c(C)n3)nc3c2nc(C(F)F)n3PI)cccc1-c1ccn(C)n1. The second kappa shape index (κ2) is 11.8. The molecular formula is C26H28F2IN8OP. The first-order chi connectivity index (χ1) is 18.3. The van der Waals surface area contributed by atoms with Crippen molar-refractivity contribution in [1.29, 1.82) is 0 Å². The molecule has 0 saturated carbocycles. The molecule has 4 aromatic heterocycles. The quantitative estimate of drug-likeness (QED) is 0.130. The molecule has 0 aliphatic rings. The largest absolute Gasteiger partial charge is 0.494 e. The summed E-state index contributed by atoms with van der Waals surface area (Å²) < 4.78 is 36.7. The van der Waals surface area contributed by atoms with Gasteiger partial charge in [-0.3, -0.25) is 9.02 Å². The predicted molar refractivity (Wildman–Crippen MR) is 162 cm³/mol. The number of nitrogens with zero attached hydrogens (tertiary/aromatic N) is 6. The van der Waals surface area contributed by atoms with Gasteiger partial charge in [0.05, 0.1) is 30.6 Å². The number of aromatic nitrogens is 6. The number of fused-ring (bicyclic) bond motifs is 1. The number of rotatable bonds is 8. The number of para-hydroxylation sites is 1. The Hall–Kier alpha value is -3.38. The minimum atomic E-state index is -2.75. The third-order valence-corrected chi connectivity index (χ3v) is 8.06. The van der Waals surface area contributed by atoms with Gasteiger partial charge in [0.15, 0.2) is 17.2 Å². The Labute approximate surface area is 239 Å². The van der Waals surface area contributed by atoms with Crippen molar-refractivity contribution in [3.63, 3.8) is 0 Å². The van der Waals surface area contributed by atoms with Crippen LogP contribution in [0.3, 0.4) is 0 Å². The van der Waals surface area contributed by atoms with E-state index < -0.39 is 6.43 Å². The van der Waals surface area contributed by atoms with Gasteiger partial charge < -0.3 is 15.4 Å². The Morgan fingerprint density at radius 2 is 1.79 bits per heavy atom. The number of ether oxygens (including phenoxy) is 1. The first kappa shape index (κ1) is 28.6. The van der Waals surface area contributed by atoms with Gasteiger partial charge >= 0.3 is 0 Å². The second-order valence-electron chi connectivity index (χ2n) is 8.53. The molecule has 2 N–H and O–H groups in total. The minimum Gasteiger partial charge on any atom is -0.494 e. The van der Waals surface area contributed by atoms with Crippen LogP contribution < -0.4 is 15.4 Å². The van der Waals surface area contributed by atoms with Gasteiger partial charge in [0.25, 0.3) is 6.43 Å². The summed E-state index contributed by atoms with van der Waals surface area (Å²) in [6.45, 7) is 3.91. The summed E-state index contributed by atoms with van der Waals surface area (Å²) in [6.07, 6.45) is -0.921. The lowest BCUT2D eigenvalue weighted by atomic mass is 10.1. The molecule has 4 heterocycles. The van der Waals surface area contributed by atoms with Crippen LogP contribution in [0.5, 0.6) is 5.75 Å². The predicted octanol–water partition coefficient (Wildman–Crippen LogP) is 7.70. The molecule has 1 aromatic carbocycles. The van der Waals surface area contributed by atoms with Crippen LogP contribution in [0.4, 0.5) is 31.8 Å². The zero-order valence-corrected chi connectivity index (χ0v) is 24.1. The smallest absolute Gasteiger partial charge is 0.295 e. The van der Waals surface area contributed by atoms with Crippen molar-refractivity contribution in [3.8, 4) is 17.0 Å². The summed E-state index contributed by atoms with van der Waals surface area (Å²) in [4.78, 5) is 13.5. The maximum atomic E-state index is 13.9. The monoisotopic (exact) mass is 664 g/mol. The average Bonchev–Trinajstić information content (AvgIpc) is 3.49. The van der Waals surface area contributed by atoms with Gasteiger partial charge in [0, 0.05) is 30.6 Å². The number of anilines is 4. The number of hydrogen-bond donors (Lipinski definition) is 2. The van der Waals surface area contributed by atoms with Crippen LogP contribution in [0, 0.1) is 13.8 Å². The van der Waals surface area contributed by atoms with E-state index in [2.05, 4.69) is 52.7 Å². The number of imidazole rings is 1. The highest BCUT2D eigenvalue weighted by molar-refractivity contribution is 14.2. The zero-order valence-electron chi connectivity index (χ0n) is 20.9. The number of halogens is 3. The van der Waals surface area contributed by atoms with Gasteiger partial charge in [-0.15, -0.1) is 0 Å². The third kappa shape index (κ3) is 5.67. The van der Waals surface area contributed by atoms with E-state index in [1.165, 1.54) is 4.34 Å². The van der Waals surface area contributed by atoms with Crippen LogP contribution in [-0.4, -0.2) is 36.2 Å². The molecule has 39 heavy (non-hydrogen) atoms. The Balaban J connectivity index is 0.00000353. The van der Waals surface area contributed by atoms with Crippen molar-refractivity contribution in [3.05, 3.63) is 65.7 Å². The fourth-order valence-corrected chi connectivity index (χ4v) is 5.94. The fraction of sp³-hybridized carbons (Fsp3) is 0.231. The van der Waals surface area contributed by atoms with E-state index in [4.69, 9.17) is 4.74 Å². The molecule has 0 fully saturated rings. The van der Waals surface area contributed by atoms with Gasteiger partial charge in [0.1, 0.15) is 17.2 Å². The number of alkyl halides is 2. The fourth-order valence-electron chi connectivity index (χ4n) is 4.05. The topological polar surface area (TPSA) is 94.7 Å². The number of methoxy groups -OCH3 is 1. The average molecular weight is 664 g/mol. The van der Waals surface area contributed by atoms with Crippen molar-refractivity contribution in [1.82, 2.24) is 29.1 Å². The van der Waals surface area contributed by atoms with Gasteiger partial charge in [-0.2, -0.15) is 5.10 Å². The molecule has 0 aliphatic carbocycles.